The number of carbonyl (C=O) groups is 3. The topological polar surface area (TPSA) is 81.7 Å². The Kier molecular flexibility index (Phi) is 6.54. The van der Waals surface area contributed by atoms with E-state index in [1.54, 1.807) is 42.5 Å². The van der Waals surface area contributed by atoms with Gasteiger partial charge in [0, 0.05) is 5.02 Å². The van der Waals surface area contributed by atoms with E-state index in [1.165, 1.54) is 13.2 Å². The van der Waals surface area contributed by atoms with Gasteiger partial charge in [-0.15, -0.1) is 0 Å². The highest BCUT2D eigenvalue weighted by atomic mass is 35.5. The van der Waals surface area contributed by atoms with Gasteiger partial charge in [0.15, 0.2) is 6.61 Å². The van der Waals surface area contributed by atoms with Crippen LogP contribution in [0.1, 0.15) is 15.9 Å². The van der Waals surface area contributed by atoms with E-state index >= 15 is 0 Å². The summed E-state index contributed by atoms with van der Waals surface area (Å²) in [6.45, 7) is -0.473. The van der Waals surface area contributed by atoms with Gasteiger partial charge in [-0.05, 0) is 23.8 Å². The summed E-state index contributed by atoms with van der Waals surface area (Å²) in [5.74, 6) is -1.72. The summed E-state index contributed by atoms with van der Waals surface area (Å²) in [5.41, 5.74) is 1.10. The number of carbonyl (C=O) groups excluding carboxylic acids is 3. The number of methoxy groups -OCH3 is 1. The molecule has 1 N–H and O–H groups in total. The van der Waals surface area contributed by atoms with Gasteiger partial charge in [-0.25, -0.2) is 4.79 Å². The highest BCUT2D eigenvalue weighted by Gasteiger charge is 2.15. The van der Waals surface area contributed by atoms with Crippen LogP contribution < -0.4 is 5.32 Å². The van der Waals surface area contributed by atoms with E-state index in [4.69, 9.17) is 16.3 Å². The molecule has 0 fully saturated rings. The summed E-state index contributed by atoms with van der Waals surface area (Å²) < 4.78 is 9.58. The smallest absolute Gasteiger partial charge is 0.339 e. The largest absolute Gasteiger partial charge is 0.465 e. The lowest BCUT2D eigenvalue weighted by molar-refractivity contribution is -0.146. The zero-order valence-electron chi connectivity index (χ0n) is 13.5. The van der Waals surface area contributed by atoms with Crippen LogP contribution in [0.5, 0.6) is 0 Å². The monoisotopic (exact) mass is 361 g/mol. The molecule has 0 spiro atoms. The van der Waals surface area contributed by atoms with Crippen molar-refractivity contribution in [2.24, 2.45) is 0 Å². The number of nitrogens with one attached hydrogen (secondary N) is 1. The number of rotatable bonds is 6. The Morgan fingerprint density at radius 2 is 1.72 bits per heavy atom. The molecule has 0 saturated carbocycles. The van der Waals surface area contributed by atoms with Crippen molar-refractivity contribution in [3.63, 3.8) is 0 Å². The predicted molar refractivity (Wildman–Crippen MR) is 92.5 cm³/mol. The Bertz CT molecular complexity index is 791. The SMILES string of the molecule is COC(=O)c1ccccc1NC(=O)COC(=O)Cc1ccccc1Cl. The molecule has 0 aliphatic heterocycles. The maximum absolute atomic E-state index is 11.9. The van der Waals surface area contributed by atoms with Crippen LogP contribution in [0, 0.1) is 0 Å². The van der Waals surface area contributed by atoms with Gasteiger partial charge in [0.05, 0.1) is 24.8 Å². The molecular weight excluding hydrogens is 346 g/mol. The molecule has 2 aromatic carbocycles. The van der Waals surface area contributed by atoms with Gasteiger partial charge in [-0.2, -0.15) is 0 Å². The molecule has 0 heterocycles. The second kappa shape index (κ2) is 8.84. The molecule has 0 radical (unpaired) electrons. The number of benzene rings is 2. The molecule has 0 bridgehead atoms. The maximum Gasteiger partial charge on any atom is 0.339 e. The van der Waals surface area contributed by atoms with Crippen molar-refractivity contribution in [1.82, 2.24) is 0 Å². The number of para-hydroxylation sites is 1. The Hall–Kier alpha value is -2.86. The quantitative estimate of drug-likeness (QED) is 0.800. The van der Waals surface area contributed by atoms with E-state index in [1.807, 2.05) is 0 Å². The Morgan fingerprint density at radius 1 is 1.04 bits per heavy atom. The van der Waals surface area contributed by atoms with Crippen LogP contribution >= 0.6 is 11.6 Å². The summed E-state index contributed by atoms with van der Waals surface area (Å²) >= 11 is 5.97. The van der Waals surface area contributed by atoms with E-state index in [0.717, 1.165) is 0 Å². The van der Waals surface area contributed by atoms with Crippen molar-refractivity contribution in [2.75, 3.05) is 19.0 Å². The first-order chi connectivity index (χ1) is 12.0. The van der Waals surface area contributed by atoms with Gasteiger partial charge in [-0.3, -0.25) is 9.59 Å². The molecule has 7 heteroatoms. The second-order valence-electron chi connectivity index (χ2n) is 5.01. The summed E-state index contributed by atoms with van der Waals surface area (Å²) in [6, 6.07) is 13.3. The predicted octanol–water partition coefficient (Wildman–Crippen LogP) is 2.85. The van der Waals surface area contributed by atoms with E-state index in [2.05, 4.69) is 10.1 Å². The molecule has 0 saturated heterocycles. The first-order valence-electron chi connectivity index (χ1n) is 7.37. The first-order valence-corrected chi connectivity index (χ1v) is 7.75. The van der Waals surface area contributed by atoms with Crippen LogP contribution in [0.15, 0.2) is 48.5 Å². The Balaban J connectivity index is 1.90. The van der Waals surface area contributed by atoms with Crippen molar-refractivity contribution in [1.29, 1.82) is 0 Å². The number of esters is 2. The molecular formula is C18H16ClNO5. The molecule has 1 amide bonds. The minimum absolute atomic E-state index is 0.0360. The number of halogens is 1. The molecule has 25 heavy (non-hydrogen) atoms. The number of hydrogen-bond donors (Lipinski definition) is 1. The van der Waals surface area contributed by atoms with Gasteiger partial charge < -0.3 is 14.8 Å². The zero-order valence-corrected chi connectivity index (χ0v) is 14.2. The molecule has 6 nitrogen and oxygen atoms in total. The van der Waals surface area contributed by atoms with Crippen LogP contribution in [0.4, 0.5) is 5.69 Å². The summed E-state index contributed by atoms with van der Waals surface area (Å²) in [4.78, 5) is 35.4. The third-order valence-corrected chi connectivity index (χ3v) is 3.63. The molecule has 2 aromatic rings. The van der Waals surface area contributed by atoms with E-state index in [-0.39, 0.29) is 17.7 Å². The van der Waals surface area contributed by atoms with Crippen LogP contribution in [0.2, 0.25) is 5.02 Å². The van der Waals surface area contributed by atoms with E-state index in [9.17, 15) is 14.4 Å². The Labute approximate surface area is 149 Å². The van der Waals surface area contributed by atoms with Crippen LogP contribution in [-0.2, 0) is 25.5 Å². The molecule has 0 aliphatic rings. The van der Waals surface area contributed by atoms with Gasteiger partial charge in [0.1, 0.15) is 0 Å². The number of ether oxygens (including phenoxy) is 2. The lowest BCUT2D eigenvalue weighted by atomic mass is 10.1. The number of anilines is 1. The first kappa shape index (κ1) is 18.5. The second-order valence-corrected chi connectivity index (χ2v) is 5.42. The van der Waals surface area contributed by atoms with Crippen LogP contribution in [0.3, 0.4) is 0 Å². The fraction of sp³-hybridized carbons (Fsp3) is 0.167. The van der Waals surface area contributed by atoms with Gasteiger partial charge in [0.25, 0.3) is 5.91 Å². The van der Waals surface area contributed by atoms with Crippen molar-refractivity contribution in [2.45, 2.75) is 6.42 Å². The van der Waals surface area contributed by atoms with Gasteiger partial charge in [0.2, 0.25) is 0 Å². The molecule has 0 atom stereocenters. The maximum atomic E-state index is 11.9. The third kappa shape index (κ3) is 5.32. The molecule has 0 aliphatic carbocycles. The fourth-order valence-corrected chi connectivity index (χ4v) is 2.26. The highest BCUT2D eigenvalue weighted by Crippen LogP contribution is 2.17. The van der Waals surface area contributed by atoms with Gasteiger partial charge in [-0.1, -0.05) is 41.9 Å². The molecule has 0 aromatic heterocycles. The van der Waals surface area contributed by atoms with Crippen molar-refractivity contribution >= 4 is 35.1 Å². The van der Waals surface area contributed by atoms with Crippen molar-refractivity contribution in [3.05, 3.63) is 64.7 Å². The average molecular weight is 362 g/mol. The van der Waals surface area contributed by atoms with Crippen molar-refractivity contribution in [3.8, 4) is 0 Å². The van der Waals surface area contributed by atoms with Crippen LogP contribution in [-0.4, -0.2) is 31.6 Å². The van der Waals surface area contributed by atoms with E-state index in [0.29, 0.717) is 10.6 Å². The minimum Gasteiger partial charge on any atom is -0.465 e. The van der Waals surface area contributed by atoms with Crippen LogP contribution in [0.25, 0.3) is 0 Å². The standard InChI is InChI=1S/C18H16ClNO5/c1-24-18(23)13-7-3-5-9-15(13)20-16(21)11-25-17(22)10-12-6-2-4-8-14(12)19/h2-9H,10-11H2,1H3,(H,20,21). The summed E-state index contributed by atoms with van der Waals surface area (Å²) in [7, 11) is 1.25. The number of amides is 1. The highest BCUT2D eigenvalue weighted by molar-refractivity contribution is 6.31. The fourth-order valence-electron chi connectivity index (χ4n) is 2.06. The van der Waals surface area contributed by atoms with Crippen molar-refractivity contribution < 1.29 is 23.9 Å². The molecule has 0 unspecified atom stereocenters. The molecule has 2 rings (SSSR count). The summed E-state index contributed by atoms with van der Waals surface area (Å²) in [6.07, 6.45) is -0.0360. The lowest BCUT2D eigenvalue weighted by Gasteiger charge is -2.10. The number of hydrogen-bond acceptors (Lipinski definition) is 5. The average Bonchev–Trinajstić information content (AvgIpc) is 2.62. The Morgan fingerprint density at radius 3 is 2.44 bits per heavy atom. The van der Waals surface area contributed by atoms with Gasteiger partial charge >= 0.3 is 11.9 Å². The lowest BCUT2D eigenvalue weighted by Crippen LogP contribution is -2.23. The third-order valence-electron chi connectivity index (χ3n) is 3.26. The normalized spacial score (nSPS) is 10.0. The van der Waals surface area contributed by atoms with E-state index < -0.39 is 24.5 Å². The summed E-state index contributed by atoms with van der Waals surface area (Å²) in [5, 5.41) is 2.97. The minimum atomic E-state index is -0.579. The zero-order chi connectivity index (χ0) is 18.2. The molecule has 130 valence electrons.